The highest BCUT2D eigenvalue weighted by atomic mass is 16.6. The molecule has 0 saturated carbocycles. The second kappa shape index (κ2) is 5.09. The molecule has 0 amide bonds. The molecule has 5 nitrogen and oxygen atoms in total. The first-order chi connectivity index (χ1) is 7.19. The van der Waals surface area contributed by atoms with Gasteiger partial charge in [-0.05, 0) is 12.5 Å². The molecule has 0 aliphatic rings. The van der Waals surface area contributed by atoms with E-state index in [1.165, 1.54) is 25.3 Å². The van der Waals surface area contributed by atoms with E-state index in [2.05, 4.69) is 0 Å². The average molecular weight is 209 g/mol. The molecular weight excluding hydrogens is 198 g/mol. The fourth-order valence-corrected chi connectivity index (χ4v) is 1.29. The van der Waals surface area contributed by atoms with E-state index in [1.807, 2.05) is 0 Å². The maximum Gasteiger partial charge on any atom is 0.269 e. The van der Waals surface area contributed by atoms with Crippen molar-refractivity contribution in [3.63, 3.8) is 0 Å². The van der Waals surface area contributed by atoms with Crippen molar-refractivity contribution in [2.45, 2.75) is 12.8 Å². The molecule has 0 aromatic heterocycles. The minimum Gasteiger partial charge on any atom is -0.496 e. The molecule has 0 fully saturated rings. The Morgan fingerprint density at radius 3 is 2.80 bits per heavy atom. The van der Waals surface area contributed by atoms with Crippen LogP contribution >= 0.6 is 0 Å². The molecule has 0 unspecified atom stereocenters. The van der Waals surface area contributed by atoms with Crippen LogP contribution in [-0.4, -0.2) is 18.3 Å². The van der Waals surface area contributed by atoms with Crippen LogP contribution in [0.3, 0.4) is 0 Å². The maximum absolute atomic E-state index is 10.5. The van der Waals surface area contributed by atoms with Crippen LogP contribution in [-0.2, 0) is 11.2 Å². The SMILES string of the molecule is COc1ccc([N+](=O)[O-])cc1CCC=O. The number of hydrogen-bond donors (Lipinski definition) is 0. The van der Waals surface area contributed by atoms with Gasteiger partial charge in [-0.2, -0.15) is 0 Å². The van der Waals surface area contributed by atoms with Gasteiger partial charge in [0.15, 0.2) is 0 Å². The Balaban J connectivity index is 3.01. The molecule has 0 aliphatic heterocycles. The van der Waals surface area contributed by atoms with E-state index < -0.39 is 4.92 Å². The van der Waals surface area contributed by atoms with Gasteiger partial charge in [0.2, 0.25) is 0 Å². The lowest BCUT2D eigenvalue weighted by Crippen LogP contribution is -1.95. The summed E-state index contributed by atoms with van der Waals surface area (Å²) in [6.07, 6.45) is 1.56. The number of aryl methyl sites for hydroxylation is 1. The monoisotopic (exact) mass is 209 g/mol. The predicted molar refractivity (Wildman–Crippen MR) is 54.0 cm³/mol. The molecule has 5 heteroatoms. The van der Waals surface area contributed by atoms with Gasteiger partial charge in [0.1, 0.15) is 12.0 Å². The maximum atomic E-state index is 10.5. The quantitative estimate of drug-likeness (QED) is 0.420. The first-order valence-electron chi connectivity index (χ1n) is 4.44. The zero-order valence-electron chi connectivity index (χ0n) is 8.30. The van der Waals surface area contributed by atoms with Crippen LogP contribution < -0.4 is 4.74 Å². The smallest absolute Gasteiger partial charge is 0.269 e. The van der Waals surface area contributed by atoms with E-state index in [-0.39, 0.29) is 5.69 Å². The average Bonchev–Trinajstić information content (AvgIpc) is 2.25. The largest absolute Gasteiger partial charge is 0.496 e. The predicted octanol–water partition coefficient (Wildman–Crippen LogP) is 1.73. The third-order valence-corrected chi connectivity index (χ3v) is 2.01. The van der Waals surface area contributed by atoms with E-state index >= 15 is 0 Å². The first-order valence-corrected chi connectivity index (χ1v) is 4.44. The molecule has 0 aliphatic carbocycles. The Labute approximate surface area is 86.8 Å². The van der Waals surface area contributed by atoms with E-state index in [4.69, 9.17) is 4.74 Å². The highest BCUT2D eigenvalue weighted by Gasteiger charge is 2.10. The minimum atomic E-state index is -0.468. The van der Waals surface area contributed by atoms with E-state index in [0.717, 1.165) is 6.29 Å². The number of carbonyl (C=O) groups excluding carboxylic acids is 1. The van der Waals surface area contributed by atoms with Crippen LogP contribution in [0.5, 0.6) is 5.75 Å². The van der Waals surface area contributed by atoms with Crippen molar-refractivity contribution in [3.05, 3.63) is 33.9 Å². The van der Waals surface area contributed by atoms with Crippen molar-refractivity contribution >= 4 is 12.0 Å². The number of nitro groups is 1. The van der Waals surface area contributed by atoms with Gasteiger partial charge in [-0.25, -0.2) is 0 Å². The lowest BCUT2D eigenvalue weighted by molar-refractivity contribution is -0.384. The molecule has 1 aromatic carbocycles. The van der Waals surface area contributed by atoms with Gasteiger partial charge in [-0.3, -0.25) is 10.1 Å². The normalized spacial score (nSPS) is 9.67. The van der Waals surface area contributed by atoms with E-state index in [1.54, 1.807) is 0 Å². The minimum absolute atomic E-state index is 0.0108. The highest BCUT2D eigenvalue weighted by molar-refractivity contribution is 5.52. The van der Waals surface area contributed by atoms with Crippen LogP contribution in [0.15, 0.2) is 18.2 Å². The summed E-state index contributed by atoms with van der Waals surface area (Å²) in [5.41, 5.74) is 0.690. The summed E-state index contributed by atoms with van der Waals surface area (Å²) in [6, 6.07) is 4.35. The molecule has 0 heterocycles. The summed E-state index contributed by atoms with van der Waals surface area (Å²) in [4.78, 5) is 20.3. The molecule has 0 radical (unpaired) electrons. The molecule has 0 spiro atoms. The van der Waals surface area contributed by atoms with Crippen molar-refractivity contribution < 1.29 is 14.5 Å². The summed E-state index contributed by atoms with van der Waals surface area (Å²) in [6.45, 7) is 0. The van der Waals surface area contributed by atoms with Crippen molar-refractivity contribution in [2.24, 2.45) is 0 Å². The van der Waals surface area contributed by atoms with Gasteiger partial charge in [0, 0.05) is 24.1 Å². The summed E-state index contributed by atoms with van der Waals surface area (Å²) in [5.74, 6) is 0.572. The molecule has 0 bridgehead atoms. The van der Waals surface area contributed by atoms with Crippen LogP contribution in [0.25, 0.3) is 0 Å². The number of nitrogens with zero attached hydrogens (tertiary/aromatic N) is 1. The Bertz CT molecular complexity index is 376. The zero-order chi connectivity index (χ0) is 11.3. The summed E-state index contributed by atoms with van der Waals surface area (Å²) >= 11 is 0. The number of rotatable bonds is 5. The number of ether oxygens (including phenoxy) is 1. The lowest BCUT2D eigenvalue weighted by Gasteiger charge is -2.06. The zero-order valence-corrected chi connectivity index (χ0v) is 8.30. The summed E-state index contributed by atoms with van der Waals surface area (Å²) in [7, 11) is 1.49. The number of carbonyl (C=O) groups is 1. The van der Waals surface area contributed by atoms with Crippen molar-refractivity contribution in [2.75, 3.05) is 7.11 Å². The molecule has 0 N–H and O–H groups in total. The van der Waals surface area contributed by atoms with Gasteiger partial charge in [-0.1, -0.05) is 0 Å². The standard InChI is InChI=1S/C10H11NO4/c1-15-10-5-4-9(11(13)14)7-8(10)3-2-6-12/h4-7H,2-3H2,1H3. The van der Waals surface area contributed by atoms with Crippen molar-refractivity contribution in [3.8, 4) is 5.75 Å². The van der Waals surface area contributed by atoms with Gasteiger partial charge >= 0.3 is 0 Å². The lowest BCUT2D eigenvalue weighted by atomic mass is 10.1. The van der Waals surface area contributed by atoms with E-state index in [9.17, 15) is 14.9 Å². The summed E-state index contributed by atoms with van der Waals surface area (Å²) in [5, 5.41) is 10.5. The van der Waals surface area contributed by atoms with Crippen LogP contribution in [0.1, 0.15) is 12.0 Å². The number of methoxy groups -OCH3 is 1. The Morgan fingerprint density at radius 2 is 2.27 bits per heavy atom. The van der Waals surface area contributed by atoms with Crippen molar-refractivity contribution in [1.82, 2.24) is 0 Å². The molecule has 0 saturated heterocycles. The fraction of sp³-hybridized carbons (Fsp3) is 0.300. The second-order valence-corrected chi connectivity index (χ2v) is 2.96. The molecule has 80 valence electrons. The first kappa shape index (κ1) is 11.2. The second-order valence-electron chi connectivity index (χ2n) is 2.96. The van der Waals surface area contributed by atoms with Crippen LogP contribution in [0.4, 0.5) is 5.69 Å². The highest BCUT2D eigenvalue weighted by Crippen LogP contribution is 2.24. The third-order valence-electron chi connectivity index (χ3n) is 2.01. The Hall–Kier alpha value is -1.91. The third kappa shape index (κ3) is 2.77. The molecule has 1 rings (SSSR count). The van der Waals surface area contributed by atoms with Gasteiger partial charge in [0.25, 0.3) is 5.69 Å². The number of aldehydes is 1. The van der Waals surface area contributed by atoms with Crippen molar-refractivity contribution in [1.29, 1.82) is 0 Å². The fourth-order valence-electron chi connectivity index (χ4n) is 1.29. The van der Waals surface area contributed by atoms with Gasteiger partial charge in [-0.15, -0.1) is 0 Å². The van der Waals surface area contributed by atoms with Crippen LogP contribution in [0, 0.1) is 10.1 Å². The van der Waals surface area contributed by atoms with Gasteiger partial charge < -0.3 is 9.53 Å². The van der Waals surface area contributed by atoms with E-state index in [0.29, 0.717) is 24.2 Å². The topological polar surface area (TPSA) is 69.4 Å². The number of hydrogen-bond acceptors (Lipinski definition) is 4. The summed E-state index contributed by atoms with van der Waals surface area (Å²) < 4.78 is 5.04. The number of benzene rings is 1. The van der Waals surface area contributed by atoms with Gasteiger partial charge in [0.05, 0.1) is 12.0 Å². The Morgan fingerprint density at radius 1 is 1.53 bits per heavy atom. The number of non-ortho nitro benzene ring substituents is 1. The van der Waals surface area contributed by atoms with Crippen LogP contribution in [0.2, 0.25) is 0 Å². The molecule has 15 heavy (non-hydrogen) atoms. The number of nitro benzene ring substituents is 1. The molecule has 0 atom stereocenters. The Kier molecular flexibility index (Phi) is 3.79. The molecule has 1 aromatic rings. The molecular formula is C10H11NO4.